The third-order valence-electron chi connectivity index (χ3n) is 2.74. The van der Waals surface area contributed by atoms with Crippen molar-refractivity contribution in [3.05, 3.63) is 65.2 Å². The van der Waals surface area contributed by atoms with Crippen molar-refractivity contribution in [2.24, 2.45) is 0 Å². The fourth-order valence-electron chi connectivity index (χ4n) is 1.80. The first kappa shape index (κ1) is 12.3. The van der Waals surface area contributed by atoms with Gasteiger partial charge in [-0.15, -0.1) is 0 Å². The van der Waals surface area contributed by atoms with Crippen LogP contribution in [0.3, 0.4) is 0 Å². The van der Waals surface area contributed by atoms with Crippen molar-refractivity contribution in [2.75, 3.05) is 0 Å². The van der Waals surface area contributed by atoms with Crippen molar-refractivity contribution < 1.29 is 0 Å². The van der Waals surface area contributed by atoms with Crippen LogP contribution in [0, 0.1) is 0 Å². The Kier molecular flexibility index (Phi) is 3.27. The smallest absolute Gasteiger partial charge is 0.0996 e. The molecule has 2 heterocycles. The summed E-state index contributed by atoms with van der Waals surface area (Å²) in [4.78, 5) is 8.36. The highest BCUT2D eigenvalue weighted by atomic mass is 35.5. The Balaban J connectivity index is 1.86. The van der Waals surface area contributed by atoms with Crippen LogP contribution in [0.1, 0.15) is 5.69 Å². The van der Waals surface area contributed by atoms with Crippen LogP contribution in [0.4, 0.5) is 0 Å². The molecular weight excluding hydrogens is 283 g/mol. The van der Waals surface area contributed by atoms with E-state index in [9.17, 15) is 0 Å². The van der Waals surface area contributed by atoms with Crippen molar-refractivity contribution in [2.45, 2.75) is 6.54 Å². The molecule has 0 amide bonds. The van der Waals surface area contributed by atoms with Gasteiger partial charge in [-0.1, -0.05) is 23.2 Å². The second-order valence-corrected chi connectivity index (χ2v) is 4.92. The Morgan fingerprint density at radius 2 is 2.00 bits per heavy atom. The molecule has 0 aliphatic rings. The van der Waals surface area contributed by atoms with Crippen molar-refractivity contribution >= 4 is 23.2 Å². The molecule has 4 nitrogen and oxygen atoms in total. The normalized spacial score (nSPS) is 10.8. The highest BCUT2D eigenvalue weighted by molar-refractivity contribution is 6.42. The van der Waals surface area contributed by atoms with E-state index < -0.39 is 0 Å². The van der Waals surface area contributed by atoms with Crippen molar-refractivity contribution in [3.8, 4) is 5.69 Å². The van der Waals surface area contributed by atoms with E-state index in [1.807, 2.05) is 33.7 Å². The molecule has 0 saturated heterocycles. The minimum atomic E-state index is 0.532. The van der Waals surface area contributed by atoms with Crippen LogP contribution >= 0.6 is 23.2 Å². The van der Waals surface area contributed by atoms with Gasteiger partial charge in [-0.05, 0) is 18.2 Å². The first-order valence-corrected chi connectivity index (χ1v) is 6.42. The maximum atomic E-state index is 6.01. The van der Waals surface area contributed by atoms with E-state index in [1.165, 1.54) is 0 Å². The highest BCUT2D eigenvalue weighted by Gasteiger charge is 2.04. The summed E-state index contributed by atoms with van der Waals surface area (Å²) >= 11 is 11.9. The first-order chi connectivity index (χ1) is 9.22. The predicted molar refractivity (Wildman–Crippen MR) is 74.9 cm³/mol. The van der Waals surface area contributed by atoms with Crippen LogP contribution in [-0.4, -0.2) is 19.1 Å². The number of hydrogen-bond donors (Lipinski definition) is 0. The maximum Gasteiger partial charge on any atom is 0.0996 e. The quantitative estimate of drug-likeness (QED) is 0.741. The summed E-state index contributed by atoms with van der Waals surface area (Å²) in [5, 5.41) is 1.08. The largest absolute Gasteiger partial charge is 0.331 e. The van der Waals surface area contributed by atoms with E-state index >= 15 is 0 Å². The SMILES string of the molecule is Clc1ccc(-n2cnc(Cn3ccnc3)c2)cc1Cl. The molecule has 1 aromatic carbocycles. The van der Waals surface area contributed by atoms with E-state index in [4.69, 9.17) is 23.2 Å². The number of hydrogen-bond acceptors (Lipinski definition) is 2. The van der Waals surface area contributed by atoms with Gasteiger partial charge in [0.15, 0.2) is 0 Å². The number of halogens is 2. The number of imidazole rings is 2. The van der Waals surface area contributed by atoms with Crippen molar-refractivity contribution in [1.82, 2.24) is 19.1 Å². The van der Waals surface area contributed by atoms with Gasteiger partial charge in [0.25, 0.3) is 0 Å². The standard InChI is InChI=1S/C13H10Cl2N4/c14-12-2-1-11(5-13(12)15)19-7-10(17-9-19)6-18-4-3-16-8-18/h1-5,7-9H,6H2. The zero-order chi connectivity index (χ0) is 13.2. The van der Waals surface area contributed by atoms with Gasteiger partial charge in [0.05, 0.1) is 34.9 Å². The van der Waals surface area contributed by atoms with Crippen LogP contribution in [0.5, 0.6) is 0 Å². The summed E-state index contributed by atoms with van der Waals surface area (Å²) < 4.78 is 3.87. The van der Waals surface area contributed by atoms with Crippen molar-refractivity contribution in [3.63, 3.8) is 0 Å². The third-order valence-corrected chi connectivity index (χ3v) is 3.48. The molecule has 3 rings (SSSR count). The fourth-order valence-corrected chi connectivity index (χ4v) is 2.09. The van der Waals surface area contributed by atoms with Gasteiger partial charge in [0, 0.05) is 24.3 Å². The van der Waals surface area contributed by atoms with E-state index in [1.54, 1.807) is 24.9 Å². The zero-order valence-corrected chi connectivity index (χ0v) is 11.4. The summed E-state index contributed by atoms with van der Waals surface area (Å²) in [7, 11) is 0. The lowest BCUT2D eigenvalue weighted by atomic mass is 10.3. The van der Waals surface area contributed by atoms with Crippen molar-refractivity contribution in [1.29, 1.82) is 0 Å². The fraction of sp³-hybridized carbons (Fsp3) is 0.0769. The molecule has 19 heavy (non-hydrogen) atoms. The summed E-state index contributed by atoms with van der Waals surface area (Å²) in [6.45, 7) is 0.689. The van der Waals surface area contributed by atoms with E-state index in [2.05, 4.69) is 9.97 Å². The lowest BCUT2D eigenvalue weighted by molar-refractivity contribution is 0.778. The molecule has 6 heteroatoms. The lowest BCUT2D eigenvalue weighted by Gasteiger charge is -2.03. The predicted octanol–water partition coefficient (Wildman–Crippen LogP) is 3.42. The third kappa shape index (κ3) is 2.64. The molecule has 0 radical (unpaired) electrons. The van der Waals surface area contributed by atoms with E-state index in [0.717, 1.165) is 11.4 Å². The second kappa shape index (κ2) is 5.07. The van der Waals surface area contributed by atoms with Gasteiger partial charge in [0.2, 0.25) is 0 Å². The van der Waals surface area contributed by atoms with Gasteiger partial charge in [-0.25, -0.2) is 9.97 Å². The molecule has 2 aromatic heterocycles. The minimum Gasteiger partial charge on any atom is -0.331 e. The monoisotopic (exact) mass is 292 g/mol. The summed E-state index contributed by atoms with van der Waals surface area (Å²) in [6.07, 6.45) is 9.12. The minimum absolute atomic E-state index is 0.532. The molecule has 0 fully saturated rings. The maximum absolute atomic E-state index is 6.01. The molecule has 0 aliphatic heterocycles. The Labute approximate surface area is 120 Å². The molecular formula is C13H10Cl2N4. The molecule has 0 spiro atoms. The van der Waals surface area contributed by atoms with Gasteiger partial charge < -0.3 is 9.13 Å². The Morgan fingerprint density at radius 1 is 1.11 bits per heavy atom. The second-order valence-electron chi connectivity index (χ2n) is 4.11. The van der Waals surface area contributed by atoms with Gasteiger partial charge in [0.1, 0.15) is 0 Å². The molecule has 0 atom stereocenters. The Bertz CT molecular complexity index is 688. The summed E-state index contributed by atoms with van der Waals surface area (Å²) in [6, 6.07) is 5.48. The molecule has 0 bridgehead atoms. The van der Waals surface area contributed by atoms with Crippen LogP contribution < -0.4 is 0 Å². The average Bonchev–Trinajstić information content (AvgIpc) is 3.05. The van der Waals surface area contributed by atoms with Crippen LogP contribution in [0.2, 0.25) is 10.0 Å². The lowest BCUT2D eigenvalue weighted by Crippen LogP contribution is -1.96. The van der Waals surface area contributed by atoms with Crippen LogP contribution in [0.25, 0.3) is 5.69 Å². The summed E-state index contributed by atoms with van der Waals surface area (Å²) in [5.74, 6) is 0. The first-order valence-electron chi connectivity index (χ1n) is 5.66. The topological polar surface area (TPSA) is 35.6 Å². The molecule has 0 saturated carbocycles. The number of benzene rings is 1. The molecule has 0 N–H and O–H groups in total. The zero-order valence-electron chi connectivity index (χ0n) is 9.87. The molecule has 0 unspecified atom stereocenters. The molecule has 0 aliphatic carbocycles. The number of nitrogens with zero attached hydrogens (tertiary/aromatic N) is 4. The molecule has 3 aromatic rings. The van der Waals surface area contributed by atoms with Gasteiger partial charge in [-0.2, -0.15) is 0 Å². The van der Waals surface area contributed by atoms with E-state index in [-0.39, 0.29) is 0 Å². The molecule has 96 valence electrons. The Hall–Kier alpha value is -1.78. The number of aromatic nitrogens is 4. The average molecular weight is 293 g/mol. The number of rotatable bonds is 3. The van der Waals surface area contributed by atoms with Crippen LogP contribution in [0.15, 0.2) is 49.4 Å². The summed E-state index contributed by atoms with van der Waals surface area (Å²) in [5.41, 5.74) is 1.88. The van der Waals surface area contributed by atoms with E-state index in [0.29, 0.717) is 16.6 Å². The Morgan fingerprint density at radius 3 is 2.74 bits per heavy atom. The highest BCUT2D eigenvalue weighted by Crippen LogP contribution is 2.24. The van der Waals surface area contributed by atoms with Gasteiger partial charge in [-0.3, -0.25) is 0 Å². The van der Waals surface area contributed by atoms with Crippen LogP contribution in [-0.2, 0) is 6.54 Å². The van der Waals surface area contributed by atoms with Gasteiger partial charge >= 0.3 is 0 Å².